The molecule has 0 unspecified atom stereocenters. The number of carbonyl (C=O) groups is 3. The number of hydrogen-bond donors (Lipinski definition) is 2. The fourth-order valence-corrected chi connectivity index (χ4v) is 4.89. The highest BCUT2D eigenvalue weighted by Crippen LogP contribution is 2.44. The van der Waals surface area contributed by atoms with E-state index in [2.05, 4.69) is 29.6 Å². The molecular weight excluding hydrogens is 420 g/mol. The van der Waals surface area contributed by atoms with Crippen molar-refractivity contribution in [3.8, 4) is 11.1 Å². The normalized spacial score (nSPS) is 19.7. The zero-order valence-corrected chi connectivity index (χ0v) is 19.3. The molecule has 0 bridgehead atoms. The van der Waals surface area contributed by atoms with E-state index in [1.807, 2.05) is 24.3 Å². The van der Waals surface area contributed by atoms with Crippen molar-refractivity contribution in [2.75, 3.05) is 19.7 Å². The van der Waals surface area contributed by atoms with Gasteiger partial charge in [0.25, 0.3) is 0 Å². The van der Waals surface area contributed by atoms with E-state index < -0.39 is 23.0 Å². The van der Waals surface area contributed by atoms with Crippen LogP contribution in [0, 0.1) is 5.41 Å². The van der Waals surface area contributed by atoms with E-state index in [0.717, 1.165) is 22.3 Å². The van der Waals surface area contributed by atoms with Crippen LogP contribution in [0.5, 0.6) is 0 Å². The summed E-state index contributed by atoms with van der Waals surface area (Å²) in [5, 5.41) is 12.3. The number of carboxylic acid groups (broad SMARTS) is 1. The molecule has 174 valence electrons. The number of alkyl carbamates (subject to hydrolysis) is 1. The Bertz CT molecular complexity index is 1050. The second kappa shape index (κ2) is 8.54. The summed E-state index contributed by atoms with van der Waals surface area (Å²) in [7, 11) is 0. The zero-order chi connectivity index (χ0) is 23.8. The first-order valence-corrected chi connectivity index (χ1v) is 11.3. The van der Waals surface area contributed by atoms with Crippen molar-refractivity contribution in [3.63, 3.8) is 0 Å². The molecule has 2 aliphatic rings. The van der Waals surface area contributed by atoms with E-state index in [9.17, 15) is 19.5 Å². The molecule has 4 rings (SSSR count). The summed E-state index contributed by atoms with van der Waals surface area (Å²) in [4.78, 5) is 38.8. The molecule has 7 nitrogen and oxygen atoms in total. The second-order valence-electron chi connectivity index (χ2n) is 9.70. The topological polar surface area (TPSA) is 95.9 Å². The van der Waals surface area contributed by atoms with Gasteiger partial charge in [0, 0.05) is 19.0 Å². The Morgan fingerprint density at radius 1 is 1.09 bits per heavy atom. The summed E-state index contributed by atoms with van der Waals surface area (Å²) in [5.41, 5.74) is 2.39. The minimum atomic E-state index is -1.21. The van der Waals surface area contributed by atoms with Gasteiger partial charge in [-0.25, -0.2) is 9.59 Å². The summed E-state index contributed by atoms with van der Waals surface area (Å²) in [6.45, 7) is 5.64. The van der Waals surface area contributed by atoms with Crippen molar-refractivity contribution in [3.05, 3.63) is 59.7 Å². The third-order valence-corrected chi connectivity index (χ3v) is 6.94. The fraction of sp³-hybridized carbons (Fsp3) is 0.423. The number of amides is 2. The highest BCUT2D eigenvalue weighted by Gasteiger charge is 2.49. The van der Waals surface area contributed by atoms with Crippen molar-refractivity contribution >= 4 is 18.0 Å². The van der Waals surface area contributed by atoms with E-state index >= 15 is 0 Å². The number of ether oxygens (including phenoxy) is 1. The summed E-state index contributed by atoms with van der Waals surface area (Å²) < 4.78 is 5.55. The van der Waals surface area contributed by atoms with Gasteiger partial charge in [0.15, 0.2) is 0 Å². The van der Waals surface area contributed by atoms with Gasteiger partial charge in [-0.2, -0.15) is 0 Å². The quantitative estimate of drug-likeness (QED) is 0.693. The van der Waals surface area contributed by atoms with Crippen LogP contribution >= 0.6 is 0 Å². The molecule has 0 saturated carbocycles. The van der Waals surface area contributed by atoms with Gasteiger partial charge in [-0.3, -0.25) is 4.79 Å². The third-order valence-electron chi connectivity index (χ3n) is 6.94. The Kier molecular flexibility index (Phi) is 5.91. The van der Waals surface area contributed by atoms with E-state index in [1.165, 1.54) is 4.90 Å². The van der Waals surface area contributed by atoms with Crippen LogP contribution in [-0.4, -0.2) is 53.2 Å². The summed E-state index contributed by atoms with van der Waals surface area (Å²) in [6.07, 6.45) is 0.467. The van der Waals surface area contributed by atoms with Gasteiger partial charge in [-0.1, -0.05) is 48.5 Å². The molecule has 2 amide bonds. The highest BCUT2D eigenvalue weighted by atomic mass is 16.5. The van der Waals surface area contributed by atoms with Crippen molar-refractivity contribution < 1.29 is 24.2 Å². The van der Waals surface area contributed by atoms with Crippen LogP contribution in [0.2, 0.25) is 0 Å². The van der Waals surface area contributed by atoms with Crippen molar-refractivity contribution in [2.45, 2.75) is 45.1 Å². The zero-order valence-electron chi connectivity index (χ0n) is 19.3. The lowest BCUT2D eigenvalue weighted by molar-refractivity contribution is -0.159. The molecule has 1 heterocycles. The van der Waals surface area contributed by atoms with Gasteiger partial charge >= 0.3 is 12.1 Å². The van der Waals surface area contributed by atoms with Crippen LogP contribution in [0.1, 0.15) is 50.7 Å². The van der Waals surface area contributed by atoms with Crippen molar-refractivity contribution in [1.29, 1.82) is 0 Å². The number of nitrogens with one attached hydrogen (secondary N) is 1. The van der Waals surface area contributed by atoms with E-state index in [4.69, 9.17) is 4.74 Å². The predicted molar refractivity (Wildman–Crippen MR) is 124 cm³/mol. The van der Waals surface area contributed by atoms with Gasteiger partial charge in [-0.15, -0.1) is 0 Å². The summed E-state index contributed by atoms with van der Waals surface area (Å²) >= 11 is 0. The third kappa shape index (κ3) is 4.08. The maximum atomic E-state index is 13.1. The number of nitrogens with zero attached hydrogens (tertiary/aromatic N) is 1. The Balaban J connectivity index is 1.37. The van der Waals surface area contributed by atoms with E-state index in [-0.39, 0.29) is 25.0 Å². The van der Waals surface area contributed by atoms with Crippen LogP contribution in [0.3, 0.4) is 0 Å². The van der Waals surface area contributed by atoms with Gasteiger partial charge in [-0.05, 0) is 55.9 Å². The minimum absolute atomic E-state index is 0.0429. The molecule has 0 aromatic heterocycles. The van der Waals surface area contributed by atoms with Crippen LogP contribution in [-0.2, 0) is 14.3 Å². The standard InChI is InChI=1S/C26H30N2O5/c1-25(2,22(29)28-14-8-13-26(28,3)23(30)31)16-27-24(32)33-15-21-19-11-6-4-9-17(19)18-10-5-7-12-20(18)21/h4-7,9-12,21H,8,13-16H2,1-3H3,(H,27,32)(H,30,31)/t26-/m1/s1. The first kappa shape index (κ1) is 22.8. The number of likely N-dealkylation sites (tertiary alicyclic amines) is 1. The number of rotatable bonds is 6. The predicted octanol–water partition coefficient (Wildman–Crippen LogP) is 4.02. The Morgan fingerprint density at radius 3 is 2.24 bits per heavy atom. The largest absolute Gasteiger partial charge is 0.480 e. The molecule has 0 radical (unpaired) electrons. The summed E-state index contributed by atoms with van der Waals surface area (Å²) in [5.74, 6) is -1.34. The first-order valence-electron chi connectivity index (χ1n) is 11.3. The minimum Gasteiger partial charge on any atom is -0.480 e. The number of carboxylic acids is 1. The lowest BCUT2D eigenvalue weighted by atomic mass is 9.89. The maximum Gasteiger partial charge on any atom is 0.407 e. The van der Waals surface area contributed by atoms with Crippen molar-refractivity contribution in [1.82, 2.24) is 10.2 Å². The number of fused-ring (bicyclic) bond motifs is 3. The van der Waals surface area contributed by atoms with Crippen LogP contribution in [0.15, 0.2) is 48.5 Å². The number of carbonyl (C=O) groups excluding carboxylic acids is 2. The Labute approximate surface area is 193 Å². The molecule has 0 spiro atoms. The molecule has 1 fully saturated rings. The molecule has 2 N–H and O–H groups in total. The molecule has 1 atom stereocenters. The molecule has 1 saturated heterocycles. The van der Waals surface area contributed by atoms with Gasteiger partial charge in [0.1, 0.15) is 12.1 Å². The van der Waals surface area contributed by atoms with Gasteiger partial charge < -0.3 is 20.1 Å². The molecule has 2 aromatic carbocycles. The molecular formula is C26H30N2O5. The SMILES string of the molecule is CC(C)(CNC(=O)OCC1c2ccccc2-c2ccccc21)C(=O)N1CCC[C@]1(C)C(=O)O. The average Bonchev–Trinajstić information content (AvgIpc) is 3.35. The van der Waals surface area contributed by atoms with Crippen molar-refractivity contribution in [2.24, 2.45) is 5.41 Å². The number of aliphatic carboxylic acids is 1. The lowest BCUT2D eigenvalue weighted by Crippen LogP contribution is -2.56. The molecule has 1 aliphatic carbocycles. The van der Waals surface area contributed by atoms with Crippen LogP contribution < -0.4 is 5.32 Å². The van der Waals surface area contributed by atoms with Gasteiger partial charge in [0.2, 0.25) is 5.91 Å². The average molecular weight is 451 g/mol. The monoisotopic (exact) mass is 450 g/mol. The smallest absolute Gasteiger partial charge is 0.407 e. The number of hydrogen-bond acceptors (Lipinski definition) is 4. The second-order valence-corrected chi connectivity index (χ2v) is 9.70. The fourth-order valence-electron chi connectivity index (χ4n) is 4.89. The number of benzene rings is 2. The lowest BCUT2D eigenvalue weighted by Gasteiger charge is -2.37. The van der Waals surface area contributed by atoms with Gasteiger partial charge in [0.05, 0.1) is 5.41 Å². The molecule has 1 aliphatic heterocycles. The van der Waals surface area contributed by atoms with Crippen LogP contribution in [0.25, 0.3) is 11.1 Å². The first-order chi connectivity index (χ1) is 15.6. The van der Waals surface area contributed by atoms with E-state index in [1.54, 1.807) is 20.8 Å². The maximum absolute atomic E-state index is 13.1. The molecule has 7 heteroatoms. The molecule has 2 aromatic rings. The highest BCUT2D eigenvalue weighted by molar-refractivity contribution is 5.90. The Hall–Kier alpha value is -3.35. The van der Waals surface area contributed by atoms with Crippen LogP contribution in [0.4, 0.5) is 4.79 Å². The molecule has 33 heavy (non-hydrogen) atoms. The Morgan fingerprint density at radius 2 is 1.67 bits per heavy atom. The van der Waals surface area contributed by atoms with E-state index in [0.29, 0.717) is 19.4 Å². The summed E-state index contributed by atoms with van der Waals surface area (Å²) in [6, 6.07) is 16.2.